The SMILES string of the molecule is COCC1(C(=O)N[C@H]2CN(Cc3cnc(N)nc3)C[C@@H]2C2CC2)CCC1. The summed E-state index contributed by atoms with van der Waals surface area (Å²) in [5.41, 5.74) is 6.35. The number of hydrogen-bond donors (Lipinski definition) is 2. The van der Waals surface area contributed by atoms with E-state index in [0.717, 1.165) is 50.4 Å². The zero-order chi connectivity index (χ0) is 18.1. The molecule has 2 saturated carbocycles. The van der Waals surface area contributed by atoms with Crippen molar-refractivity contribution < 1.29 is 9.53 Å². The molecule has 1 saturated heterocycles. The van der Waals surface area contributed by atoms with Crippen LogP contribution >= 0.6 is 0 Å². The smallest absolute Gasteiger partial charge is 0.228 e. The highest BCUT2D eigenvalue weighted by molar-refractivity contribution is 5.84. The Hall–Kier alpha value is -1.73. The van der Waals surface area contributed by atoms with Crippen LogP contribution in [0, 0.1) is 17.3 Å². The fraction of sp³-hybridized carbons (Fsp3) is 0.737. The van der Waals surface area contributed by atoms with Crippen LogP contribution in [0.25, 0.3) is 0 Å². The van der Waals surface area contributed by atoms with Crippen molar-refractivity contribution in [3.8, 4) is 0 Å². The molecule has 7 heteroatoms. The molecule has 3 N–H and O–H groups in total. The van der Waals surface area contributed by atoms with Crippen LogP contribution in [0.15, 0.2) is 12.4 Å². The molecule has 0 radical (unpaired) electrons. The Bertz CT molecular complexity index is 642. The van der Waals surface area contributed by atoms with Crippen LogP contribution in [0.2, 0.25) is 0 Å². The average Bonchev–Trinajstić information content (AvgIpc) is 3.36. The van der Waals surface area contributed by atoms with E-state index in [2.05, 4.69) is 20.2 Å². The fourth-order valence-corrected chi connectivity index (χ4v) is 4.54. The molecule has 3 aliphatic rings. The van der Waals surface area contributed by atoms with Gasteiger partial charge in [-0.3, -0.25) is 9.69 Å². The highest BCUT2D eigenvalue weighted by Crippen LogP contribution is 2.44. The van der Waals surface area contributed by atoms with Gasteiger partial charge in [-0.15, -0.1) is 0 Å². The minimum atomic E-state index is -0.291. The average molecular weight is 359 g/mol. The fourth-order valence-electron chi connectivity index (χ4n) is 4.54. The highest BCUT2D eigenvalue weighted by Gasteiger charge is 2.48. The summed E-state index contributed by atoms with van der Waals surface area (Å²) in [6.45, 7) is 3.25. The minimum Gasteiger partial charge on any atom is -0.384 e. The number of carbonyl (C=O) groups is 1. The van der Waals surface area contributed by atoms with Crippen LogP contribution in [-0.2, 0) is 16.1 Å². The predicted molar refractivity (Wildman–Crippen MR) is 98.0 cm³/mol. The molecule has 4 rings (SSSR count). The van der Waals surface area contributed by atoms with Crippen LogP contribution in [0.4, 0.5) is 5.95 Å². The zero-order valence-corrected chi connectivity index (χ0v) is 15.5. The van der Waals surface area contributed by atoms with E-state index in [1.54, 1.807) is 19.5 Å². The molecule has 7 nitrogen and oxygen atoms in total. The maximum Gasteiger partial charge on any atom is 0.228 e. The number of nitrogens with two attached hydrogens (primary N) is 1. The summed E-state index contributed by atoms with van der Waals surface area (Å²) in [6, 6.07) is 0.235. The molecule has 0 aromatic carbocycles. The molecule has 3 fully saturated rings. The van der Waals surface area contributed by atoms with Crippen molar-refractivity contribution in [1.82, 2.24) is 20.2 Å². The van der Waals surface area contributed by atoms with Crippen molar-refractivity contribution in [1.29, 1.82) is 0 Å². The largest absolute Gasteiger partial charge is 0.384 e. The van der Waals surface area contributed by atoms with Gasteiger partial charge >= 0.3 is 0 Å². The number of amides is 1. The molecule has 0 unspecified atom stereocenters. The van der Waals surface area contributed by atoms with Gasteiger partial charge in [-0.1, -0.05) is 6.42 Å². The van der Waals surface area contributed by atoms with E-state index in [0.29, 0.717) is 18.5 Å². The normalized spacial score (nSPS) is 27.9. The van der Waals surface area contributed by atoms with Gasteiger partial charge in [0, 0.05) is 50.7 Å². The Morgan fingerprint density at radius 1 is 1.35 bits per heavy atom. The first-order chi connectivity index (χ1) is 12.6. The summed E-state index contributed by atoms with van der Waals surface area (Å²) in [4.78, 5) is 23.5. The lowest BCUT2D eigenvalue weighted by molar-refractivity contribution is -0.141. The third-order valence-corrected chi connectivity index (χ3v) is 6.33. The van der Waals surface area contributed by atoms with Gasteiger partial charge in [-0.05, 0) is 37.5 Å². The Labute approximate surface area is 154 Å². The number of anilines is 1. The van der Waals surface area contributed by atoms with E-state index in [1.165, 1.54) is 12.8 Å². The molecule has 2 atom stereocenters. The van der Waals surface area contributed by atoms with Crippen molar-refractivity contribution in [3.05, 3.63) is 18.0 Å². The number of nitrogens with zero attached hydrogens (tertiary/aromatic N) is 3. The predicted octanol–water partition coefficient (Wildman–Crippen LogP) is 1.20. The first kappa shape index (κ1) is 17.7. The summed E-state index contributed by atoms with van der Waals surface area (Å²) < 4.78 is 5.34. The summed E-state index contributed by atoms with van der Waals surface area (Å²) in [5, 5.41) is 3.39. The van der Waals surface area contributed by atoms with Crippen LogP contribution in [0.3, 0.4) is 0 Å². The van der Waals surface area contributed by atoms with Crippen LogP contribution in [0.5, 0.6) is 0 Å². The van der Waals surface area contributed by atoms with E-state index in [-0.39, 0.29) is 17.4 Å². The van der Waals surface area contributed by atoms with Crippen molar-refractivity contribution in [2.24, 2.45) is 17.3 Å². The second kappa shape index (κ2) is 7.12. The van der Waals surface area contributed by atoms with Gasteiger partial charge in [0.15, 0.2) is 0 Å². The van der Waals surface area contributed by atoms with Crippen LogP contribution < -0.4 is 11.1 Å². The molecular weight excluding hydrogens is 330 g/mol. The standard InChI is InChI=1S/C19H29N5O2/c1-26-12-19(5-2-6-19)17(25)23-16-11-24(10-15(16)14-3-4-14)9-13-7-21-18(20)22-8-13/h7-8,14-16H,2-6,9-12H2,1H3,(H,23,25)(H2,20,21,22)/t15-,16+/m1/s1. The molecule has 142 valence electrons. The number of hydrogen-bond acceptors (Lipinski definition) is 6. The molecule has 1 aliphatic heterocycles. The Morgan fingerprint density at radius 3 is 2.65 bits per heavy atom. The van der Waals surface area contributed by atoms with E-state index >= 15 is 0 Å². The minimum absolute atomic E-state index is 0.193. The van der Waals surface area contributed by atoms with Crippen molar-refractivity contribution in [2.75, 3.05) is 32.5 Å². The first-order valence-electron chi connectivity index (χ1n) is 9.68. The molecular formula is C19H29N5O2. The third kappa shape index (κ3) is 3.55. The highest BCUT2D eigenvalue weighted by atomic mass is 16.5. The summed E-state index contributed by atoms with van der Waals surface area (Å²) in [6.07, 6.45) is 9.18. The molecule has 1 aromatic heterocycles. The number of methoxy groups -OCH3 is 1. The molecule has 26 heavy (non-hydrogen) atoms. The Kier molecular flexibility index (Phi) is 4.84. The lowest BCUT2D eigenvalue weighted by Gasteiger charge is -2.40. The topological polar surface area (TPSA) is 93.4 Å². The number of aromatic nitrogens is 2. The van der Waals surface area contributed by atoms with Gasteiger partial charge in [0.1, 0.15) is 0 Å². The number of nitrogens with one attached hydrogen (secondary N) is 1. The van der Waals surface area contributed by atoms with Gasteiger partial charge in [0.25, 0.3) is 0 Å². The Balaban J connectivity index is 1.40. The first-order valence-corrected chi connectivity index (χ1v) is 9.68. The number of ether oxygens (including phenoxy) is 1. The van der Waals surface area contributed by atoms with Crippen LogP contribution in [-0.4, -0.2) is 53.6 Å². The van der Waals surface area contributed by atoms with Crippen molar-refractivity contribution in [2.45, 2.75) is 44.7 Å². The van der Waals surface area contributed by atoms with Gasteiger partial charge in [-0.25, -0.2) is 9.97 Å². The second-order valence-electron chi connectivity index (χ2n) is 8.29. The summed E-state index contributed by atoms with van der Waals surface area (Å²) in [5.74, 6) is 1.81. The van der Waals surface area contributed by atoms with Crippen LogP contribution in [0.1, 0.15) is 37.7 Å². The molecule has 1 aromatic rings. The summed E-state index contributed by atoms with van der Waals surface area (Å²) in [7, 11) is 1.69. The second-order valence-corrected chi connectivity index (χ2v) is 8.29. The third-order valence-electron chi connectivity index (χ3n) is 6.33. The zero-order valence-electron chi connectivity index (χ0n) is 15.5. The maximum absolute atomic E-state index is 12.9. The molecule has 0 spiro atoms. The lowest BCUT2D eigenvalue weighted by Crippen LogP contribution is -2.53. The van der Waals surface area contributed by atoms with E-state index in [1.807, 2.05) is 0 Å². The number of nitrogen functional groups attached to an aromatic ring is 1. The monoisotopic (exact) mass is 359 g/mol. The number of carbonyl (C=O) groups excluding carboxylic acids is 1. The lowest BCUT2D eigenvalue weighted by atomic mass is 9.68. The molecule has 2 heterocycles. The summed E-state index contributed by atoms with van der Waals surface area (Å²) >= 11 is 0. The number of likely N-dealkylation sites (tertiary alicyclic amines) is 1. The van der Waals surface area contributed by atoms with Gasteiger partial charge in [0.05, 0.1) is 12.0 Å². The van der Waals surface area contributed by atoms with E-state index in [9.17, 15) is 4.79 Å². The van der Waals surface area contributed by atoms with Gasteiger partial charge < -0.3 is 15.8 Å². The van der Waals surface area contributed by atoms with Gasteiger partial charge in [-0.2, -0.15) is 0 Å². The Morgan fingerprint density at radius 2 is 2.08 bits per heavy atom. The molecule has 2 aliphatic carbocycles. The van der Waals surface area contributed by atoms with E-state index in [4.69, 9.17) is 10.5 Å². The van der Waals surface area contributed by atoms with Gasteiger partial charge in [0.2, 0.25) is 11.9 Å². The molecule has 1 amide bonds. The molecule has 0 bridgehead atoms. The quantitative estimate of drug-likeness (QED) is 0.760. The maximum atomic E-state index is 12.9. The van der Waals surface area contributed by atoms with Crippen molar-refractivity contribution >= 4 is 11.9 Å². The number of rotatable bonds is 7. The van der Waals surface area contributed by atoms with E-state index < -0.39 is 0 Å². The van der Waals surface area contributed by atoms with Crippen molar-refractivity contribution in [3.63, 3.8) is 0 Å².